The molecule has 0 radical (unpaired) electrons. The Morgan fingerprint density at radius 2 is 1.93 bits per heavy atom. The van der Waals surface area contributed by atoms with Crippen molar-refractivity contribution in [3.8, 4) is 0 Å². The van der Waals surface area contributed by atoms with Crippen LogP contribution < -0.4 is 16.0 Å². The van der Waals surface area contributed by atoms with Crippen LogP contribution in [0.5, 0.6) is 0 Å². The molecule has 27 heavy (non-hydrogen) atoms. The summed E-state index contributed by atoms with van der Waals surface area (Å²) < 4.78 is 0. The van der Waals surface area contributed by atoms with Gasteiger partial charge in [-0.2, -0.15) is 0 Å². The molecule has 4 atom stereocenters. The number of amides is 3. The first-order valence-corrected chi connectivity index (χ1v) is 9.94. The van der Waals surface area contributed by atoms with Crippen LogP contribution in [0.3, 0.4) is 0 Å². The van der Waals surface area contributed by atoms with Gasteiger partial charge in [0, 0.05) is 36.7 Å². The zero-order valence-electron chi connectivity index (χ0n) is 16.1. The number of nitrogens with one attached hydrogen (secondary N) is 3. The van der Waals surface area contributed by atoms with E-state index in [1.165, 1.54) is 6.92 Å². The summed E-state index contributed by atoms with van der Waals surface area (Å²) in [6.45, 7) is 3.62. The highest BCUT2D eigenvalue weighted by Crippen LogP contribution is 2.37. The third kappa shape index (κ3) is 4.87. The summed E-state index contributed by atoms with van der Waals surface area (Å²) in [5, 5.41) is 8.95. The number of carbonyl (C=O) groups excluding carboxylic acids is 3. The van der Waals surface area contributed by atoms with Gasteiger partial charge in [-0.15, -0.1) is 0 Å². The number of piperidine rings is 1. The van der Waals surface area contributed by atoms with E-state index in [-0.39, 0.29) is 29.8 Å². The van der Waals surface area contributed by atoms with Crippen LogP contribution >= 0.6 is 0 Å². The van der Waals surface area contributed by atoms with Crippen molar-refractivity contribution in [2.24, 2.45) is 11.8 Å². The van der Waals surface area contributed by atoms with Crippen LogP contribution in [0.2, 0.25) is 0 Å². The Hall–Kier alpha value is -2.37. The van der Waals surface area contributed by atoms with Crippen LogP contribution in [0.4, 0.5) is 5.69 Å². The minimum absolute atomic E-state index is 0.0782. The fourth-order valence-electron chi connectivity index (χ4n) is 4.57. The number of hydrogen-bond donors (Lipinski definition) is 3. The summed E-state index contributed by atoms with van der Waals surface area (Å²) in [7, 11) is 0. The number of fused-ring (bicyclic) bond motifs is 1. The molecule has 3 amide bonds. The lowest BCUT2D eigenvalue weighted by molar-refractivity contribution is -0.127. The molecule has 1 aromatic carbocycles. The van der Waals surface area contributed by atoms with E-state index in [0.29, 0.717) is 29.5 Å². The van der Waals surface area contributed by atoms with Gasteiger partial charge in [0.15, 0.2) is 0 Å². The van der Waals surface area contributed by atoms with E-state index in [2.05, 4.69) is 22.9 Å². The summed E-state index contributed by atoms with van der Waals surface area (Å²) in [5.74, 6) is 0.912. The van der Waals surface area contributed by atoms with Crippen LogP contribution in [-0.2, 0) is 9.59 Å². The third-order valence-corrected chi connectivity index (χ3v) is 5.77. The molecular weight excluding hydrogens is 342 g/mol. The van der Waals surface area contributed by atoms with Gasteiger partial charge in [0.25, 0.3) is 5.91 Å². The van der Waals surface area contributed by atoms with Crippen LogP contribution in [0, 0.1) is 11.8 Å². The first-order chi connectivity index (χ1) is 13.0. The molecule has 146 valence electrons. The molecule has 3 rings (SSSR count). The monoisotopic (exact) mass is 371 g/mol. The predicted octanol–water partition coefficient (Wildman–Crippen LogP) is 2.85. The van der Waals surface area contributed by atoms with Crippen molar-refractivity contribution in [2.75, 3.05) is 5.32 Å². The molecule has 1 saturated carbocycles. The van der Waals surface area contributed by atoms with Crippen molar-refractivity contribution < 1.29 is 14.4 Å². The van der Waals surface area contributed by atoms with Crippen LogP contribution in [-0.4, -0.2) is 29.8 Å². The van der Waals surface area contributed by atoms with Gasteiger partial charge in [-0.1, -0.05) is 13.3 Å². The number of carbonyl (C=O) groups is 3. The minimum atomic E-state index is -0.139. The van der Waals surface area contributed by atoms with Gasteiger partial charge < -0.3 is 16.0 Å². The highest BCUT2D eigenvalue weighted by atomic mass is 16.2. The first-order valence-electron chi connectivity index (χ1n) is 9.94. The molecule has 1 saturated heterocycles. The Bertz CT molecular complexity index is 701. The van der Waals surface area contributed by atoms with Crippen molar-refractivity contribution in [1.29, 1.82) is 0 Å². The molecule has 3 N–H and O–H groups in total. The average molecular weight is 371 g/mol. The Kier molecular flexibility index (Phi) is 6.14. The maximum absolute atomic E-state index is 12.6. The van der Waals surface area contributed by atoms with Crippen molar-refractivity contribution in [3.63, 3.8) is 0 Å². The molecule has 6 nitrogen and oxygen atoms in total. The van der Waals surface area contributed by atoms with Crippen molar-refractivity contribution in [3.05, 3.63) is 29.8 Å². The number of rotatable bonds is 5. The van der Waals surface area contributed by atoms with E-state index in [9.17, 15) is 14.4 Å². The molecule has 1 aliphatic heterocycles. The van der Waals surface area contributed by atoms with E-state index in [1.807, 2.05) is 0 Å². The topological polar surface area (TPSA) is 87.3 Å². The lowest BCUT2D eigenvalue weighted by Gasteiger charge is -2.44. The summed E-state index contributed by atoms with van der Waals surface area (Å²) in [4.78, 5) is 35.7. The molecule has 4 unspecified atom stereocenters. The van der Waals surface area contributed by atoms with E-state index in [4.69, 9.17) is 0 Å². The summed E-state index contributed by atoms with van der Waals surface area (Å²) in [6, 6.07) is 7.13. The molecule has 2 aliphatic rings. The summed E-state index contributed by atoms with van der Waals surface area (Å²) in [5.41, 5.74) is 1.24. The SMILES string of the molecule is CCCC1CC(=O)NC2CC(NC(=O)c3ccc(NC(C)=O)cc3)CCC12. The Morgan fingerprint density at radius 3 is 2.59 bits per heavy atom. The van der Waals surface area contributed by atoms with Crippen LogP contribution in [0.25, 0.3) is 0 Å². The smallest absolute Gasteiger partial charge is 0.251 e. The Morgan fingerprint density at radius 1 is 1.19 bits per heavy atom. The molecule has 0 bridgehead atoms. The molecule has 1 aliphatic carbocycles. The van der Waals surface area contributed by atoms with Gasteiger partial charge in [-0.05, 0) is 61.8 Å². The quantitative estimate of drug-likeness (QED) is 0.744. The normalized spacial score (nSPS) is 27.3. The largest absolute Gasteiger partial charge is 0.353 e. The molecule has 0 aromatic heterocycles. The highest BCUT2D eigenvalue weighted by Gasteiger charge is 2.40. The van der Waals surface area contributed by atoms with Gasteiger partial charge in [-0.25, -0.2) is 0 Å². The molecule has 0 spiro atoms. The van der Waals surface area contributed by atoms with Gasteiger partial charge >= 0.3 is 0 Å². The first kappa shape index (κ1) is 19.4. The van der Waals surface area contributed by atoms with Gasteiger partial charge in [0.1, 0.15) is 0 Å². The van der Waals surface area contributed by atoms with E-state index in [1.54, 1.807) is 24.3 Å². The molecule has 2 fully saturated rings. The number of anilines is 1. The second kappa shape index (κ2) is 8.55. The average Bonchev–Trinajstić information content (AvgIpc) is 2.61. The van der Waals surface area contributed by atoms with Crippen LogP contribution in [0.15, 0.2) is 24.3 Å². The predicted molar refractivity (Wildman–Crippen MR) is 104 cm³/mol. The maximum Gasteiger partial charge on any atom is 0.251 e. The van der Waals surface area contributed by atoms with Crippen molar-refractivity contribution in [1.82, 2.24) is 10.6 Å². The summed E-state index contributed by atoms with van der Waals surface area (Å²) in [6.07, 6.45) is 5.65. The standard InChI is InChI=1S/C21H29N3O3/c1-3-4-15-11-20(26)24-19-12-17(9-10-18(15)19)23-21(27)14-5-7-16(8-6-14)22-13(2)25/h5-8,15,17-19H,3-4,9-12H2,1-2H3,(H,22,25)(H,23,27)(H,24,26). The van der Waals surface area contributed by atoms with Crippen LogP contribution in [0.1, 0.15) is 62.7 Å². The second-order valence-corrected chi connectivity index (χ2v) is 7.83. The van der Waals surface area contributed by atoms with Crippen molar-refractivity contribution >= 4 is 23.4 Å². The van der Waals surface area contributed by atoms with Gasteiger partial charge in [0.05, 0.1) is 0 Å². The maximum atomic E-state index is 12.6. The molecule has 1 heterocycles. The molecule has 6 heteroatoms. The summed E-state index contributed by atoms with van der Waals surface area (Å²) >= 11 is 0. The number of benzene rings is 1. The third-order valence-electron chi connectivity index (χ3n) is 5.77. The van der Waals surface area contributed by atoms with Gasteiger partial charge in [0.2, 0.25) is 11.8 Å². The second-order valence-electron chi connectivity index (χ2n) is 7.83. The Labute approximate surface area is 160 Å². The van der Waals surface area contributed by atoms with E-state index in [0.717, 1.165) is 32.1 Å². The zero-order chi connectivity index (χ0) is 19.4. The fraction of sp³-hybridized carbons (Fsp3) is 0.571. The molecular formula is C21H29N3O3. The molecule has 1 aromatic rings. The lowest BCUT2D eigenvalue weighted by Crippen LogP contribution is -2.55. The zero-order valence-corrected chi connectivity index (χ0v) is 16.1. The van der Waals surface area contributed by atoms with E-state index >= 15 is 0 Å². The Balaban J connectivity index is 1.58. The van der Waals surface area contributed by atoms with E-state index < -0.39 is 0 Å². The van der Waals surface area contributed by atoms with Crippen molar-refractivity contribution in [2.45, 2.75) is 64.5 Å². The number of hydrogen-bond acceptors (Lipinski definition) is 3. The van der Waals surface area contributed by atoms with Gasteiger partial charge in [-0.3, -0.25) is 14.4 Å². The lowest BCUT2D eigenvalue weighted by atomic mass is 9.70. The minimum Gasteiger partial charge on any atom is -0.353 e. The highest BCUT2D eigenvalue weighted by molar-refractivity contribution is 5.95. The fourth-order valence-corrected chi connectivity index (χ4v) is 4.57.